The van der Waals surface area contributed by atoms with Crippen LogP contribution in [0.2, 0.25) is 5.02 Å². The van der Waals surface area contributed by atoms with E-state index in [2.05, 4.69) is 5.32 Å². The summed E-state index contributed by atoms with van der Waals surface area (Å²) >= 11 is 5.99. The van der Waals surface area contributed by atoms with E-state index in [9.17, 15) is 14.9 Å². The molecular weight excluding hydrogens is 284 g/mol. The molecule has 1 atom stereocenters. The Labute approximate surface area is 122 Å². The summed E-state index contributed by atoms with van der Waals surface area (Å²) in [5.41, 5.74) is 0.624. The minimum atomic E-state index is -0.505. The van der Waals surface area contributed by atoms with Gasteiger partial charge in [-0.1, -0.05) is 25.4 Å². The van der Waals surface area contributed by atoms with E-state index in [1.165, 1.54) is 19.2 Å². The first-order chi connectivity index (χ1) is 9.36. The van der Waals surface area contributed by atoms with Crippen molar-refractivity contribution in [3.8, 4) is 0 Å². The highest BCUT2D eigenvalue weighted by Gasteiger charge is 2.22. The van der Waals surface area contributed by atoms with E-state index in [1.807, 2.05) is 13.8 Å². The Balaban J connectivity index is 2.78. The highest BCUT2D eigenvalue weighted by Crippen LogP contribution is 2.22. The van der Waals surface area contributed by atoms with Crippen LogP contribution >= 0.6 is 11.6 Å². The van der Waals surface area contributed by atoms with E-state index < -0.39 is 11.0 Å². The van der Waals surface area contributed by atoms with Gasteiger partial charge in [-0.3, -0.25) is 14.9 Å². The lowest BCUT2D eigenvalue weighted by molar-refractivity contribution is -0.384. The average Bonchev–Trinajstić information content (AvgIpc) is 2.39. The lowest BCUT2D eigenvalue weighted by atomic mass is 10.0. The molecule has 0 spiro atoms. The molecule has 0 aliphatic heterocycles. The highest BCUT2D eigenvalue weighted by molar-refractivity contribution is 6.31. The molecule has 6 nitrogen and oxygen atoms in total. The quantitative estimate of drug-likeness (QED) is 0.496. The normalized spacial score (nSPS) is 12.2. The molecule has 110 valence electrons. The predicted octanol–water partition coefficient (Wildman–Crippen LogP) is 2.54. The maximum absolute atomic E-state index is 11.6. The fourth-order valence-corrected chi connectivity index (χ4v) is 1.97. The number of carbonyl (C=O) groups is 1. The van der Waals surface area contributed by atoms with Crippen LogP contribution < -0.4 is 5.32 Å². The number of nitrogens with one attached hydrogen (secondary N) is 1. The molecule has 1 N–H and O–H groups in total. The summed E-state index contributed by atoms with van der Waals surface area (Å²) in [5, 5.41) is 14.0. The third-order valence-electron chi connectivity index (χ3n) is 2.88. The first-order valence-electron chi connectivity index (χ1n) is 6.10. The van der Waals surface area contributed by atoms with Crippen LogP contribution in [0.4, 0.5) is 5.69 Å². The fraction of sp³-hybridized carbons (Fsp3) is 0.462. The molecule has 1 rings (SSSR count). The van der Waals surface area contributed by atoms with Gasteiger partial charge in [0.05, 0.1) is 17.1 Å². The molecule has 1 aromatic carbocycles. The number of benzene rings is 1. The number of carbonyl (C=O) groups excluding carboxylic acids is 1. The van der Waals surface area contributed by atoms with Crippen LogP contribution in [0, 0.1) is 16.0 Å². The molecule has 0 amide bonds. The van der Waals surface area contributed by atoms with Crippen molar-refractivity contribution in [2.24, 2.45) is 5.92 Å². The number of hydrogen-bond donors (Lipinski definition) is 1. The maximum Gasteiger partial charge on any atom is 0.323 e. The van der Waals surface area contributed by atoms with Gasteiger partial charge in [0.2, 0.25) is 0 Å². The van der Waals surface area contributed by atoms with E-state index in [-0.39, 0.29) is 17.6 Å². The largest absolute Gasteiger partial charge is 0.468 e. The standard InChI is InChI=1S/C13H17ClN2O4/c1-8(2)12(13(17)20-3)15-7-9-4-5-10(16(18)19)6-11(9)14/h4-6,8,12,15H,7H2,1-3H3. The van der Waals surface area contributed by atoms with Gasteiger partial charge in [0.1, 0.15) is 6.04 Å². The second-order valence-corrected chi connectivity index (χ2v) is 5.07. The Morgan fingerprint density at radius 1 is 1.50 bits per heavy atom. The first kappa shape index (κ1) is 16.4. The molecule has 0 aromatic heterocycles. The van der Waals surface area contributed by atoms with Crippen molar-refractivity contribution in [3.63, 3.8) is 0 Å². The average molecular weight is 301 g/mol. The predicted molar refractivity (Wildman–Crippen MR) is 75.6 cm³/mol. The molecule has 1 unspecified atom stereocenters. The molecule has 0 aliphatic rings. The number of rotatable bonds is 6. The molecule has 0 saturated heterocycles. The molecule has 0 fully saturated rings. The van der Waals surface area contributed by atoms with E-state index in [1.54, 1.807) is 6.07 Å². The zero-order valence-corrected chi connectivity index (χ0v) is 12.3. The summed E-state index contributed by atoms with van der Waals surface area (Å²) in [6, 6.07) is 3.79. The highest BCUT2D eigenvalue weighted by atomic mass is 35.5. The smallest absolute Gasteiger partial charge is 0.323 e. The number of nitro groups is 1. The maximum atomic E-state index is 11.6. The van der Waals surface area contributed by atoms with Crippen molar-refractivity contribution in [2.75, 3.05) is 7.11 Å². The Morgan fingerprint density at radius 3 is 2.60 bits per heavy atom. The summed E-state index contributed by atoms with van der Waals surface area (Å²) in [4.78, 5) is 21.7. The molecule has 0 heterocycles. The van der Waals surface area contributed by atoms with Crippen LogP contribution in [0.3, 0.4) is 0 Å². The summed E-state index contributed by atoms with van der Waals surface area (Å²) in [6.07, 6.45) is 0. The van der Waals surface area contributed by atoms with Gasteiger partial charge in [-0.05, 0) is 17.5 Å². The Kier molecular flexibility index (Phi) is 5.91. The second kappa shape index (κ2) is 7.21. The zero-order valence-electron chi connectivity index (χ0n) is 11.6. The van der Waals surface area contributed by atoms with Crippen molar-refractivity contribution in [3.05, 3.63) is 38.9 Å². The van der Waals surface area contributed by atoms with E-state index in [0.29, 0.717) is 17.1 Å². The van der Waals surface area contributed by atoms with Gasteiger partial charge in [-0.2, -0.15) is 0 Å². The fourth-order valence-electron chi connectivity index (χ4n) is 1.73. The number of nitro benzene ring substituents is 1. The number of nitrogens with zero attached hydrogens (tertiary/aromatic N) is 1. The van der Waals surface area contributed by atoms with Crippen LogP contribution in [-0.4, -0.2) is 24.0 Å². The van der Waals surface area contributed by atoms with Crippen LogP contribution in [0.15, 0.2) is 18.2 Å². The van der Waals surface area contributed by atoms with Gasteiger partial charge in [0.15, 0.2) is 0 Å². The van der Waals surface area contributed by atoms with E-state index in [4.69, 9.17) is 16.3 Å². The van der Waals surface area contributed by atoms with Crippen LogP contribution in [-0.2, 0) is 16.1 Å². The number of non-ortho nitro benzene ring substituents is 1. The first-order valence-corrected chi connectivity index (χ1v) is 6.48. The van der Waals surface area contributed by atoms with Crippen LogP contribution in [0.5, 0.6) is 0 Å². The number of methoxy groups -OCH3 is 1. The number of hydrogen-bond acceptors (Lipinski definition) is 5. The SMILES string of the molecule is COC(=O)C(NCc1ccc([N+](=O)[O-])cc1Cl)C(C)C. The minimum Gasteiger partial charge on any atom is -0.468 e. The summed E-state index contributed by atoms with van der Waals surface area (Å²) in [7, 11) is 1.33. The van der Waals surface area contributed by atoms with E-state index >= 15 is 0 Å². The molecule has 1 aromatic rings. The summed E-state index contributed by atoms with van der Waals surface area (Å²) < 4.78 is 4.72. The number of halogens is 1. The lowest BCUT2D eigenvalue weighted by Gasteiger charge is -2.20. The van der Waals surface area contributed by atoms with Crippen LogP contribution in [0.25, 0.3) is 0 Å². The molecular formula is C13H17ClN2O4. The van der Waals surface area contributed by atoms with Crippen molar-refractivity contribution in [1.29, 1.82) is 0 Å². The van der Waals surface area contributed by atoms with Gasteiger partial charge in [-0.25, -0.2) is 0 Å². The summed E-state index contributed by atoms with van der Waals surface area (Å²) in [5.74, 6) is -0.294. The molecule has 0 aliphatic carbocycles. The van der Waals surface area contributed by atoms with Crippen LogP contribution in [0.1, 0.15) is 19.4 Å². The monoisotopic (exact) mass is 300 g/mol. The minimum absolute atomic E-state index is 0.0549. The molecule has 0 bridgehead atoms. The van der Waals surface area contributed by atoms with Crippen molar-refractivity contribution < 1.29 is 14.5 Å². The molecule has 20 heavy (non-hydrogen) atoms. The van der Waals surface area contributed by atoms with Gasteiger partial charge >= 0.3 is 5.97 Å². The zero-order chi connectivity index (χ0) is 15.3. The third kappa shape index (κ3) is 4.18. The van der Waals surface area contributed by atoms with Crippen molar-refractivity contribution >= 4 is 23.3 Å². The van der Waals surface area contributed by atoms with Gasteiger partial charge in [0.25, 0.3) is 5.69 Å². The number of esters is 1. The van der Waals surface area contributed by atoms with Gasteiger partial charge in [0, 0.05) is 18.7 Å². The van der Waals surface area contributed by atoms with Gasteiger partial charge in [-0.15, -0.1) is 0 Å². The molecule has 0 saturated carbocycles. The Bertz CT molecular complexity index is 505. The van der Waals surface area contributed by atoms with Crippen molar-refractivity contribution in [2.45, 2.75) is 26.4 Å². The van der Waals surface area contributed by atoms with E-state index in [0.717, 1.165) is 0 Å². The van der Waals surface area contributed by atoms with Gasteiger partial charge < -0.3 is 10.1 Å². The Morgan fingerprint density at radius 2 is 2.15 bits per heavy atom. The number of ether oxygens (including phenoxy) is 1. The van der Waals surface area contributed by atoms with Crippen molar-refractivity contribution in [1.82, 2.24) is 5.32 Å². The molecule has 0 radical (unpaired) electrons. The second-order valence-electron chi connectivity index (χ2n) is 4.66. The molecule has 7 heteroatoms. The Hall–Kier alpha value is -1.66. The third-order valence-corrected chi connectivity index (χ3v) is 3.23. The topological polar surface area (TPSA) is 81.5 Å². The summed E-state index contributed by atoms with van der Waals surface area (Å²) in [6.45, 7) is 4.12. The lowest BCUT2D eigenvalue weighted by Crippen LogP contribution is -2.41.